The smallest absolute Gasteiger partial charge is 0.239 e. The van der Waals surface area contributed by atoms with Crippen LogP contribution in [0.15, 0.2) is 30.3 Å². The van der Waals surface area contributed by atoms with Gasteiger partial charge in [-0.15, -0.1) is 0 Å². The third kappa shape index (κ3) is 3.81. The number of nitrogens with two attached hydrogens (primary N) is 1. The Morgan fingerprint density at radius 1 is 1.33 bits per heavy atom. The molecule has 1 aromatic carbocycles. The molecule has 80 valence electrons. The summed E-state index contributed by atoms with van der Waals surface area (Å²) in [5.74, 6) is -0.732. The summed E-state index contributed by atoms with van der Waals surface area (Å²) < 4.78 is 0. The molecule has 0 bridgehead atoms. The highest BCUT2D eigenvalue weighted by atomic mass is 16.2. The van der Waals surface area contributed by atoms with E-state index in [0.29, 0.717) is 0 Å². The summed E-state index contributed by atoms with van der Waals surface area (Å²) in [4.78, 5) is 22.1. The molecule has 3 N–H and O–H groups in total. The molecule has 0 spiro atoms. The third-order valence-corrected chi connectivity index (χ3v) is 2.01. The van der Waals surface area contributed by atoms with Gasteiger partial charge < -0.3 is 11.1 Å². The monoisotopic (exact) mass is 206 g/mol. The molecule has 0 aliphatic heterocycles. The van der Waals surface area contributed by atoms with Gasteiger partial charge in [-0.3, -0.25) is 9.59 Å². The molecule has 0 radical (unpaired) electrons. The summed E-state index contributed by atoms with van der Waals surface area (Å²) in [6, 6.07) is 8.69. The Bertz CT molecular complexity index is 349. The van der Waals surface area contributed by atoms with E-state index in [1.54, 1.807) is 6.92 Å². The van der Waals surface area contributed by atoms with E-state index >= 15 is 0 Å². The van der Waals surface area contributed by atoms with E-state index < -0.39 is 11.9 Å². The van der Waals surface area contributed by atoms with Gasteiger partial charge in [0, 0.05) is 0 Å². The van der Waals surface area contributed by atoms with Crippen molar-refractivity contribution < 1.29 is 9.59 Å². The van der Waals surface area contributed by atoms with Crippen molar-refractivity contribution in [3.63, 3.8) is 0 Å². The summed E-state index contributed by atoms with van der Waals surface area (Å²) in [5, 5.41) is 2.51. The van der Waals surface area contributed by atoms with Crippen LogP contribution in [0, 0.1) is 0 Å². The Labute approximate surface area is 88.5 Å². The molecule has 0 saturated carbocycles. The largest absolute Gasteiger partial charge is 0.368 e. The third-order valence-electron chi connectivity index (χ3n) is 2.01. The Balaban J connectivity index is 2.47. The van der Waals surface area contributed by atoms with E-state index in [1.165, 1.54) is 0 Å². The maximum Gasteiger partial charge on any atom is 0.239 e. The fourth-order valence-electron chi connectivity index (χ4n) is 1.14. The van der Waals surface area contributed by atoms with Crippen LogP contribution in [0.2, 0.25) is 0 Å². The lowest BCUT2D eigenvalue weighted by Gasteiger charge is -2.09. The van der Waals surface area contributed by atoms with Gasteiger partial charge in [0.2, 0.25) is 11.8 Å². The lowest BCUT2D eigenvalue weighted by atomic mass is 10.1. The average Bonchev–Trinajstić information content (AvgIpc) is 2.18. The first kappa shape index (κ1) is 11.2. The van der Waals surface area contributed by atoms with Crippen LogP contribution in [0.3, 0.4) is 0 Å². The van der Waals surface area contributed by atoms with Crippen molar-refractivity contribution in [1.82, 2.24) is 5.32 Å². The van der Waals surface area contributed by atoms with Crippen molar-refractivity contribution in [2.45, 2.75) is 19.4 Å². The van der Waals surface area contributed by atoms with Crippen LogP contribution < -0.4 is 11.1 Å². The van der Waals surface area contributed by atoms with Crippen molar-refractivity contribution in [3.05, 3.63) is 35.9 Å². The van der Waals surface area contributed by atoms with Crippen LogP contribution >= 0.6 is 0 Å². The molecule has 0 heterocycles. The second kappa shape index (κ2) is 5.14. The molecule has 1 aromatic rings. The van der Waals surface area contributed by atoms with Crippen LogP contribution in [0.5, 0.6) is 0 Å². The maximum absolute atomic E-state index is 11.4. The Hall–Kier alpha value is -1.84. The number of nitrogens with one attached hydrogen (secondary N) is 1. The Morgan fingerprint density at radius 3 is 2.47 bits per heavy atom. The lowest BCUT2D eigenvalue weighted by molar-refractivity contribution is -0.126. The highest BCUT2D eigenvalue weighted by molar-refractivity contribution is 5.87. The highest BCUT2D eigenvalue weighted by Crippen LogP contribution is 1.99. The quantitative estimate of drug-likeness (QED) is 0.739. The van der Waals surface area contributed by atoms with E-state index in [-0.39, 0.29) is 12.3 Å². The first-order valence-electron chi connectivity index (χ1n) is 4.72. The van der Waals surface area contributed by atoms with Crippen LogP contribution in [0.25, 0.3) is 0 Å². The zero-order valence-corrected chi connectivity index (χ0v) is 8.57. The number of carbonyl (C=O) groups is 2. The summed E-state index contributed by atoms with van der Waals surface area (Å²) in [7, 11) is 0. The van der Waals surface area contributed by atoms with E-state index in [9.17, 15) is 9.59 Å². The number of amides is 2. The molecule has 1 atom stereocenters. The lowest BCUT2D eigenvalue weighted by Crippen LogP contribution is -2.42. The molecule has 1 rings (SSSR count). The molecule has 2 amide bonds. The van der Waals surface area contributed by atoms with Gasteiger partial charge in [-0.05, 0) is 12.5 Å². The van der Waals surface area contributed by atoms with Crippen LogP contribution in [-0.4, -0.2) is 17.9 Å². The molecule has 0 aliphatic carbocycles. The van der Waals surface area contributed by atoms with Gasteiger partial charge in [-0.2, -0.15) is 0 Å². The Morgan fingerprint density at radius 2 is 1.93 bits per heavy atom. The summed E-state index contributed by atoms with van der Waals surface area (Å²) >= 11 is 0. The predicted molar refractivity (Wildman–Crippen MR) is 56.9 cm³/mol. The van der Waals surface area contributed by atoms with Crippen molar-refractivity contribution in [2.75, 3.05) is 0 Å². The molecule has 4 nitrogen and oxygen atoms in total. The Kier molecular flexibility index (Phi) is 3.85. The topological polar surface area (TPSA) is 72.2 Å². The first-order valence-corrected chi connectivity index (χ1v) is 4.72. The van der Waals surface area contributed by atoms with Gasteiger partial charge in [0.1, 0.15) is 6.04 Å². The minimum absolute atomic E-state index is 0.201. The molecule has 1 unspecified atom stereocenters. The van der Waals surface area contributed by atoms with Gasteiger partial charge in [0.15, 0.2) is 0 Å². The van der Waals surface area contributed by atoms with E-state index in [4.69, 9.17) is 5.73 Å². The fourth-order valence-corrected chi connectivity index (χ4v) is 1.14. The van der Waals surface area contributed by atoms with E-state index in [1.807, 2.05) is 30.3 Å². The minimum atomic E-state index is -0.624. The number of carbonyl (C=O) groups excluding carboxylic acids is 2. The number of hydrogen-bond acceptors (Lipinski definition) is 2. The van der Waals surface area contributed by atoms with Gasteiger partial charge in [0.05, 0.1) is 6.42 Å². The fraction of sp³-hybridized carbons (Fsp3) is 0.273. The molecule has 0 aliphatic rings. The van der Waals surface area contributed by atoms with E-state index in [2.05, 4.69) is 5.32 Å². The van der Waals surface area contributed by atoms with Gasteiger partial charge in [-0.1, -0.05) is 30.3 Å². The molecule has 0 saturated heterocycles. The van der Waals surface area contributed by atoms with Crippen molar-refractivity contribution in [3.8, 4) is 0 Å². The van der Waals surface area contributed by atoms with Gasteiger partial charge >= 0.3 is 0 Å². The number of primary amides is 1. The maximum atomic E-state index is 11.4. The molecule has 0 fully saturated rings. The number of rotatable bonds is 4. The number of hydrogen-bond donors (Lipinski definition) is 2. The summed E-state index contributed by atoms with van der Waals surface area (Å²) in [6.07, 6.45) is 0.262. The summed E-state index contributed by atoms with van der Waals surface area (Å²) in [6.45, 7) is 1.56. The van der Waals surface area contributed by atoms with Gasteiger partial charge in [-0.25, -0.2) is 0 Å². The predicted octanol–water partition coefficient (Wildman–Crippen LogP) is 0.219. The van der Waals surface area contributed by atoms with E-state index in [0.717, 1.165) is 5.56 Å². The number of benzene rings is 1. The zero-order valence-electron chi connectivity index (χ0n) is 8.57. The molecular weight excluding hydrogens is 192 g/mol. The van der Waals surface area contributed by atoms with Crippen molar-refractivity contribution in [1.29, 1.82) is 0 Å². The minimum Gasteiger partial charge on any atom is -0.368 e. The van der Waals surface area contributed by atoms with Crippen molar-refractivity contribution >= 4 is 11.8 Å². The molecule has 0 aromatic heterocycles. The van der Waals surface area contributed by atoms with Crippen molar-refractivity contribution in [2.24, 2.45) is 5.73 Å². The summed E-state index contributed by atoms with van der Waals surface area (Å²) in [5.41, 5.74) is 5.93. The molecule has 15 heavy (non-hydrogen) atoms. The first-order chi connectivity index (χ1) is 7.09. The molecular formula is C11H14N2O2. The molecule has 4 heteroatoms. The van der Waals surface area contributed by atoms with Crippen LogP contribution in [0.1, 0.15) is 12.5 Å². The normalized spacial score (nSPS) is 11.8. The average molecular weight is 206 g/mol. The SMILES string of the molecule is CC(NC(=O)Cc1ccccc1)C(N)=O. The van der Waals surface area contributed by atoms with Crippen LogP contribution in [-0.2, 0) is 16.0 Å². The second-order valence-corrected chi connectivity index (χ2v) is 3.35. The zero-order chi connectivity index (χ0) is 11.3. The highest BCUT2D eigenvalue weighted by Gasteiger charge is 2.11. The second-order valence-electron chi connectivity index (χ2n) is 3.35. The van der Waals surface area contributed by atoms with Crippen LogP contribution in [0.4, 0.5) is 0 Å². The standard InChI is InChI=1S/C11H14N2O2/c1-8(11(12)15)13-10(14)7-9-5-3-2-4-6-9/h2-6,8H,7H2,1H3,(H2,12,15)(H,13,14). The van der Waals surface area contributed by atoms with Gasteiger partial charge in [0.25, 0.3) is 0 Å².